The van der Waals surface area contributed by atoms with Crippen LogP contribution in [0.3, 0.4) is 0 Å². The average molecular weight is 333 g/mol. The fraction of sp³-hybridized carbons (Fsp3) is 0.632. The summed E-state index contributed by atoms with van der Waals surface area (Å²) in [5.41, 5.74) is 2.13. The van der Waals surface area contributed by atoms with E-state index in [-0.39, 0.29) is 11.8 Å². The summed E-state index contributed by atoms with van der Waals surface area (Å²) < 4.78 is 0. The molecule has 0 spiro atoms. The van der Waals surface area contributed by atoms with Crippen LogP contribution in [0.2, 0.25) is 0 Å². The molecule has 1 aliphatic heterocycles. The van der Waals surface area contributed by atoms with Crippen molar-refractivity contribution >= 4 is 23.4 Å². The second-order valence-corrected chi connectivity index (χ2v) is 8.42. The lowest BCUT2D eigenvalue weighted by atomic mass is 9.88. The highest BCUT2D eigenvalue weighted by Gasteiger charge is 2.28. The molecule has 0 radical (unpaired) electrons. The molecule has 0 bridgehead atoms. The number of aryl methyl sites for hydroxylation is 1. The molecular weight excluding hydrogens is 304 g/mol. The molecule has 1 aromatic carbocycles. The minimum Gasteiger partial charge on any atom is -0.326 e. The van der Waals surface area contributed by atoms with Crippen LogP contribution < -0.4 is 10.6 Å². The quantitative estimate of drug-likeness (QED) is 0.848. The van der Waals surface area contributed by atoms with Gasteiger partial charge < -0.3 is 10.6 Å². The molecule has 1 aliphatic carbocycles. The van der Waals surface area contributed by atoms with E-state index >= 15 is 0 Å². The smallest absolute Gasteiger partial charge is 0.227 e. The number of hydrogen-bond donors (Lipinski definition) is 2. The largest absolute Gasteiger partial charge is 0.326 e. The molecule has 3 rings (SSSR count). The van der Waals surface area contributed by atoms with Gasteiger partial charge in [-0.25, -0.2) is 0 Å². The predicted octanol–water partition coefficient (Wildman–Crippen LogP) is 4.21. The van der Waals surface area contributed by atoms with E-state index in [9.17, 15) is 4.79 Å². The van der Waals surface area contributed by atoms with Crippen molar-refractivity contribution in [1.82, 2.24) is 5.32 Å². The zero-order chi connectivity index (χ0) is 16.2. The van der Waals surface area contributed by atoms with E-state index in [0.717, 1.165) is 29.6 Å². The molecule has 23 heavy (non-hydrogen) atoms. The maximum absolute atomic E-state index is 12.4. The molecule has 2 aliphatic rings. The summed E-state index contributed by atoms with van der Waals surface area (Å²) in [4.78, 5) is 13.7. The van der Waals surface area contributed by atoms with Crippen LogP contribution in [0, 0.1) is 18.8 Å². The third-order valence-corrected chi connectivity index (χ3v) is 6.58. The Bertz CT molecular complexity index is 550. The Morgan fingerprint density at radius 2 is 2.00 bits per heavy atom. The Morgan fingerprint density at radius 3 is 2.61 bits per heavy atom. The summed E-state index contributed by atoms with van der Waals surface area (Å²) in [6.45, 7) is 6.05. The van der Waals surface area contributed by atoms with E-state index in [1.54, 1.807) is 0 Å². The Morgan fingerprint density at radius 1 is 1.26 bits per heavy atom. The number of carbonyl (C=O) groups excluding carboxylic acids is 1. The highest BCUT2D eigenvalue weighted by atomic mass is 32.2. The first kappa shape index (κ1) is 16.8. The van der Waals surface area contributed by atoms with Gasteiger partial charge >= 0.3 is 0 Å². The first-order valence-corrected chi connectivity index (χ1v) is 9.80. The van der Waals surface area contributed by atoms with Crippen molar-refractivity contribution in [2.75, 3.05) is 18.4 Å². The van der Waals surface area contributed by atoms with E-state index < -0.39 is 0 Å². The highest BCUT2D eigenvalue weighted by Crippen LogP contribution is 2.35. The number of benzene rings is 1. The van der Waals surface area contributed by atoms with E-state index in [2.05, 4.69) is 35.8 Å². The zero-order valence-corrected chi connectivity index (χ0v) is 15.0. The van der Waals surface area contributed by atoms with Crippen LogP contribution in [-0.4, -0.2) is 24.2 Å². The maximum atomic E-state index is 12.4. The Balaban J connectivity index is 1.58. The molecule has 1 aromatic rings. The van der Waals surface area contributed by atoms with Gasteiger partial charge in [-0.3, -0.25) is 4.79 Å². The molecule has 1 unspecified atom stereocenters. The van der Waals surface area contributed by atoms with Crippen molar-refractivity contribution in [3.8, 4) is 0 Å². The molecule has 126 valence electrons. The Hall–Kier alpha value is -1.00. The van der Waals surface area contributed by atoms with Gasteiger partial charge in [-0.15, -0.1) is 11.8 Å². The first-order chi connectivity index (χ1) is 11.1. The normalized spacial score (nSPS) is 20.8. The average Bonchev–Trinajstić information content (AvgIpc) is 2.49. The summed E-state index contributed by atoms with van der Waals surface area (Å²) in [7, 11) is 0. The molecule has 1 atom stereocenters. The van der Waals surface area contributed by atoms with Gasteiger partial charge in [0, 0.05) is 21.8 Å². The number of rotatable bonds is 5. The third-order valence-electron chi connectivity index (χ3n) is 5.24. The topological polar surface area (TPSA) is 41.1 Å². The van der Waals surface area contributed by atoms with Crippen molar-refractivity contribution in [2.45, 2.75) is 56.1 Å². The SMILES string of the molecule is Cc1cc(SC2CCCCC2)ccc1NC(=O)C(C)C1CNC1. The van der Waals surface area contributed by atoms with Gasteiger partial charge in [-0.2, -0.15) is 0 Å². The van der Waals surface area contributed by atoms with Crippen LogP contribution in [0.5, 0.6) is 0 Å². The zero-order valence-electron chi connectivity index (χ0n) is 14.2. The lowest BCUT2D eigenvalue weighted by Crippen LogP contribution is -2.48. The first-order valence-electron chi connectivity index (χ1n) is 8.92. The van der Waals surface area contributed by atoms with Crippen molar-refractivity contribution in [1.29, 1.82) is 0 Å². The van der Waals surface area contributed by atoms with Crippen molar-refractivity contribution in [2.24, 2.45) is 11.8 Å². The second kappa shape index (κ2) is 7.71. The van der Waals surface area contributed by atoms with Crippen LogP contribution in [-0.2, 0) is 4.79 Å². The van der Waals surface area contributed by atoms with Crippen molar-refractivity contribution in [3.05, 3.63) is 23.8 Å². The fourth-order valence-electron chi connectivity index (χ4n) is 3.35. The molecule has 0 aromatic heterocycles. The predicted molar refractivity (Wildman–Crippen MR) is 98.1 cm³/mol. The molecule has 3 nitrogen and oxygen atoms in total. The monoisotopic (exact) mass is 332 g/mol. The number of carbonyl (C=O) groups is 1. The van der Waals surface area contributed by atoms with E-state index in [1.807, 2.05) is 18.7 Å². The lowest BCUT2D eigenvalue weighted by Gasteiger charge is -2.31. The molecule has 1 saturated carbocycles. The van der Waals surface area contributed by atoms with E-state index in [0.29, 0.717) is 5.92 Å². The standard InChI is InChI=1S/C19H28N2OS/c1-13-10-17(23-16-6-4-3-5-7-16)8-9-18(13)21-19(22)14(2)15-11-20-12-15/h8-10,14-16,20H,3-7,11-12H2,1-2H3,(H,21,22). The molecule has 1 amide bonds. The minimum atomic E-state index is 0.0759. The van der Waals surface area contributed by atoms with Gasteiger partial charge in [0.1, 0.15) is 0 Å². The Labute approximate surface area is 144 Å². The van der Waals surface area contributed by atoms with Gasteiger partial charge in [0.15, 0.2) is 0 Å². The number of amides is 1. The summed E-state index contributed by atoms with van der Waals surface area (Å²) in [6.07, 6.45) is 6.83. The van der Waals surface area contributed by atoms with Crippen molar-refractivity contribution < 1.29 is 4.79 Å². The molecule has 1 heterocycles. The third kappa shape index (κ3) is 4.30. The molecule has 4 heteroatoms. The molecule has 1 saturated heterocycles. The fourth-order valence-corrected chi connectivity index (χ4v) is 4.70. The summed E-state index contributed by atoms with van der Waals surface area (Å²) in [5, 5.41) is 7.12. The van der Waals surface area contributed by atoms with E-state index in [1.165, 1.54) is 37.0 Å². The summed E-state index contributed by atoms with van der Waals surface area (Å²) in [5.74, 6) is 0.704. The van der Waals surface area contributed by atoms with Crippen LogP contribution in [0.15, 0.2) is 23.1 Å². The minimum absolute atomic E-state index is 0.0759. The van der Waals surface area contributed by atoms with Crippen LogP contribution >= 0.6 is 11.8 Å². The number of anilines is 1. The maximum Gasteiger partial charge on any atom is 0.227 e. The second-order valence-electron chi connectivity index (χ2n) is 7.05. The van der Waals surface area contributed by atoms with Crippen LogP contribution in [0.4, 0.5) is 5.69 Å². The van der Waals surface area contributed by atoms with Crippen LogP contribution in [0.1, 0.15) is 44.6 Å². The van der Waals surface area contributed by atoms with Gasteiger partial charge in [0.05, 0.1) is 0 Å². The van der Waals surface area contributed by atoms with Crippen LogP contribution in [0.25, 0.3) is 0 Å². The number of thioether (sulfide) groups is 1. The molecule has 2 N–H and O–H groups in total. The number of hydrogen-bond acceptors (Lipinski definition) is 3. The van der Waals surface area contributed by atoms with Gasteiger partial charge in [-0.05, 0) is 62.5 Å². The summed E-state index contributed by atoms with van der Waals surface area (Å²) in [6, 6.07) is 6.46. The van der Waals surface area contributed by atoms with E-state index in [4.69, 9.17) is 0 Å². The number of nitrogens with one attached hydrogen (secondary N) is 2. The van der Waals surface area contributed by atoms with Crippen molar-refractivity contribution in [3.63, 3.8) is 0 Å². The van der Waals surface area contributed by atoms with Gasteiger partial charge in [0.25, 0.3) is 0 Å². The summed E-state index contributed by atoms with van der Waals surface area (Å²) >= 11 is 2.01. The Kier molecular flexibility index (Phi) is 5.65. The van der Waals surface area contributed by atoms with Gasteiger partial charge in [0.2, 0.25) is 5.91 Å². The molecule has 2 fully saturated rings. The molecular formula is C19H28N2OS. The van der Waals surface area contributed by atoms with Gasteiger partial charge in [-0.1, -0.05) is 26.2 Å². The lowest BCUT2D eigenvalue weighted by molar-refractivity contribution is -0.121. The highest BCUT2D eigenvalue weighted by molar-refractivity contribution is 8.00.